The van der Waals surface area contributed by atoms with Crippen molar-refractivity contribution in [2.45, 2.75) is 57.0 Å². The van der Waals surface area contributed by atoms with Gasteiger partial charge in [0.1, 0.15) is 5.82 Å². The van der Waals surface area contributed by atoms with Gasteiger partial charge < -0.3 is 15.5 Å². The molecule has 2 aliphatic heterocycles. The van der Waals surface area contributed by atoms with Crippen LogP contribution in [0.1, 0.15) is 44.9 Å². The van der Waals surface area contributed by atoms with Crippen LogP contribution in [0.15, 0.2) is 18.3 Å². The van der Waals surface area contributed by atoms with Crippen molar-refractivity contribution in [1.29, 1.82) is 0 Å². The molecule has 0 spiro atoms. The van der Waals surface area contributed by atoms with Gasteiger partial charge >= 0.3 is 0 Å². The van der Waals surface area contributed by atoms with E-state index in [9.17, 15) is 4.79 Å². The molecule has 1 aliphatic carbocycles. The lowest BCUT2D eigenvalue weighted by Gasteiger charge is -2.24. The van der Waals surface area contributed by atoms with Crippen LogP contribution < -0.4 is 15.5 Å². The smallest absolute Gasteiger partial charge is 0.241 e. The minimum absolute atomic E-state index is 0. The number of halogens is 2. The molecular formula is C18H28Cl2N4O. The zero-order valence-electron chi connectivity index (χ0n) is 14.4. The van der Waals surface area contributed by atoms with Gasteiger partial charge in [-0.2, -0.15) is 0 Å². The van der Waals surface area contributed by atoms with E-state index in [4.69, 9.17) is 0 Å². The summed E-state index contributed by atoms with van der Waals surface area (Å²) in [5.74, 6) is 1.80. The molecule has 25 heavy (non-hydrogen) atoms. The summed E-state index contributed by atoms with van der Waals surface area (Å²) in [5.41, 5.74) is 0.801. The van der Waals surface area contributed by atoms with Crippen molar-refractivity contribution in [3.8, 4) is 0 Å². The van der Waals surface area contributed by atoms with Crippen molar-refractivity contribution in [2.75, 3.05) is 23.3 Å². The standard InChI is InChI=1S/C18H26N4O.2ClH/c23-18(16-11-13-5-1-2-6-15(13)21-16)20-14-7-8-17(19-12-14)22-9-3-4-10-22;;/h7-8,12-13,15-16,21H,1-6,9-11H2,(H,20,23);2*1H. The van der Waals surface area contributed by atoms with E-state index in [1.807, 2.05) is 12.1 Å². The Hall–Kier alpha value is -1.04. The van der Waals surface area contributed by atoms with Crippen LogP contribution in [0.2, 0.25) is 0 Å². The van der Waals surface area contributed by atoms with Crippen molar-refractivity contribution in [2.24, 2.45) is 5.92 Å². The number of nitrogens with one attached hydrogen (secondary N) is 2. The second-order valence-electron chi connectivity index (χ2n) is 7.19. The minimum atomic E-state index is -0.0404. The van der Waals surface area contributed by atoms with E-state index < -0.39 is 0 Å². The molecule has 7 heteroatoms. The zero-order valence-corrected chi connectivity index (χ0v) is 16.1. The van der Waals surface area contributed by atoms with Gasteiger partial charge in [-0.1, -0.05) is 12.8 Å². The number of rotatable bonds is 3. The fourth-order valence-corrected chi connectivity index (χ4v) is 4.34. The molecule has 3 aliphatic rings. The third-order valence-corrected chi connectivity index (χ3v) is 5.62. The second kappa shape index (κ2) is 9.06. The Bertz CT molecular complexity index is 549. The number of carbonyl (C=O) groups excluding carboxylic acids is 1. The van der Waals surface area contributed by atoms with Gasteiger partial charge in [-0.3, -0.25) is 4.79 Å². The molecule has 1 amide bonds. The third-order valence-electron chi connectivity index (χ3n) is 5.62. The van der Waals surface area contributed by atoms with E-state index >= 15 is 0 Å². The van der Waals surface area contributed by atoms with E-state index in [-0.39, 0.29) is 36.8 Å². The Morgan fingerprint density at radius 1 is 1.12 bits per heavy atom. The summed E-state index contributed by atoms with van der Waals surface area (Å²) in [4.78, 5) is 19.3. The first kappa shape index (κ1) is 20.3. The number of hydrogen-bond acceptors (Lipinski definition) is 4. The second-order valence-corrected chi connectivity index (χ2v) is 7.19. The normalized spacial score (nSPS) is 27.8. The molecule has 3 heterocycles. The largest absolute Gasteiger partial charge is 0.357 e. The number of pyridine rings is 1. The van der Waals surface area contributed by atoms with Gasteiger partial charge in [0.25, 0.3) is 0 Å². The van der Waals surface area contributed by atoms with Crippen LogP contribution in [0.4, 0.5) is 11.5 Å². The first-order valence-corrected chi connectivity index (χ1v) is 9.07. The number of carbonyl (C=O) groups is 1. The Morgan fingerprint density at radius 3 is 2.56 bits per heavy atom. The molecule has 3 fully saturated rings. The molecule has 4 rings (SSSR count). The molecular weight excluding hydrogens is 359 g/mol. The van der Waals surface area contributed by atoms with E-state index in [2.05, 4.69) is 20.5 Å². The Morgan fingerprint density at radius 2 is 1.88 bits per heavy atom. The monoisotopic (exact) mass is 386 g/mol. The first-order chi connectivity index (χ1) is 11.3. The van der Waals surface area contributed by atoms with Gasteiger partial charge in [0, 0.05) is 19.1 Å². The van der Waals surface area contributed by atoms with E-state index in [0.29, 0.717) is 12.0 Å². The van der Waals surface area contributed by atoms with Crippen LogP contribution in [0.3, 0.4) is 0 Å². The molecule has 2 N–H and O–H groups in total. The zero-order chi connectivity index (χ0) is 15.6. The van der Waals surface area contributed by atoms with Crippen LogP contribution in [-0.4, -0.2) is 36.1 Å². The predicted molar refractivity (Wildman–Crippen MR) is 106 cm³/mol. The molecule has 0 aromatic carbocycles. The van der Waals surface area contributed by atoms with Gasteiger partial charge in [-0.15, -0.1) is 24.8 Å². The number of nitrogens with zero attached hydrogens (tertiary/aromatic N) is 2. The lowest BCUT2D eigenvalue weighted by atomic mass is 9.85. The summed E-state index contributed by atoms with van der Waals surface area (Å²) in [6.07, 6.45) is 10.4. The number of amides is 1. The predicted octanol–water partition coefficient (Wildman–Crippen LogP) is 3.38. The van der Waals surface area contributed by atoms with Gasteiger partial charge in [0.2, 0.25) is 5.91 Å². The maximum absolute atomic E-state index is 12.5. The molecule has 0 bridgehead atoms. The Balaban J connectivity index is 0.00000113. The average molecular weight is 387 g/mol. The van der Waals surface area contributed by atoms with Crippen LogP contribution in [0.25, 0.3) is 0 Å². The van der Waals surface area contributed by atoms with Crippen molar-refractivity contribution in [3.63, 3.8) is 0 Å². The van der Waals surface area contributed by atoms with Crippen LogP contribution in [-0.2, 0) is 4.79 Å². The van der Waals surface area contributed by atoms with E-state index in [1.165, 1.54) is 38.5 Å². The maximum atomic E-state index is 12.5. The average Bonchev–Trinajstić information content (AvgIpc) is 3.25. The molecule has 140 valence electrons. The Kier molecular flexibility index (Phi) is 7.35. The van der Waals surface area contributed by atoms with Crippen molar-refractivity contribution < 1.29 is 4.79 Å². The number of anilines is 2. The minimum Gasteiger partial charge on any atom is -0.357 e. The van der Waals surface area contributed by atoms with Crippen LogP contribution >= 0.6 is 24.8 Å². The summed E-state index contributed by atoms with van der Waals surface area (Å²) in [6, 6.07) is 4.50. The van der Waals surface area contributed by atoms with Gasteiger partial charge in [0.15, 0.2) is 0 Å². The highest BCUT2D eigenvalue weighted by Crippen LogP contribution is 2.33. The number of aromatic nitrogens is 1. The summed E-state index contributed by atoms with van der Waals surface area (Å²) in [6.45, 7) is 2.18. The molecule has 2 saturated heterocycles. The van der Waals surface area contributed by atoms with Crippen LogP contribution in [0, 0.1) is 5.92 Å². The summed E-state index contributed by atoms with van der Waals surface area (Å²) in [5, 5.41) is 6.56. The highest BCUT2D eigenvalue weighted by atomic mass is 35.5. The maximum Gasteiger partial charge on any atom is 0.241 e. The fourth-order valence-electron chi connectivity index (χ4n) is 4.34. The third kappa shape index (κ3) is 4.57. The summed E-state index contributed by atoms with van der Waals surface area (Å²) >= 11 is 0. The molecule has 3 unspecified atom stereocenters. The van der Waals surface area contributed by atoms with Crippen LogP contribution in [0.5, 0.6) is 0 Å². The van der Waals surface area contributed by atoms with E-state index in [1.54, 1.807) is 6.20 Å². The Labute approximate surface area is 162 Å². The molecule has 5 nitrogen and oxygen atoms in total. The highest BCUT2D eigenvalue weighted by Gasteiger charge is 2.38. The van der Waals surface area contributed by atoms with Gasteiger partial charge in [0.05, 0.1) is 17.9 Å². The molecule has 3 atom stereocenters. The van der Waals surface area contributed by atoms with Crippen molar-refractivity contribution in [3.05, 3.63) is 18.3 Å². The number of hydrogen-bond donors (Lipinski definition) is 2. The summed E-state index contributed by atoms with van der Waals surface area (Å²) < 4.78 is 0. The molecule has 1 aromatic rings. The number of fused-ring (bicyclic) bond motifs is 1. The lowest BCUT2D eigenvalue weighted by molar-refractivity contribution is -0.117. The SMILES string of the molecule is Cl.Cl.O=C(Nc1ccc(N2CCCC2)nc1)C1CC2CCCCC2N1. The highest BCUT2D eigenvalue weighted by molar-refractivity contribution is 5.95. The molecule has 1 saturated carbocycles. The lowest BCUT2D eigenvalue weighted by Crippen LogP contribution is -2.39. The van der Waals surface area contributed by atoms with Crippen molar-refractivity contribution in [1.82, 2.24) is 10.3 Å². The molecule has 0 radical (unpaired) electrons. The van der Waals surface area contributed by atoms with Gasteiger partial charge in [-0.05, 0) is 50.2 Å². The quantitative estimate of drug-likeness (QED) is 0.835. The fraction of sp³-hybridized carbons (Fsp3) is 0.667. The first-order valence-electron chi connectivity index (χ1n) is 9.07. The van der Waals surface area contributed by atoms with Crippen molar-refractivity contribution >= 4 is 42.2 Å². The topological polar surface area (TPSA) is 57.3 Å². The summed E-state index contributed by atoms with van der Waals surface area (Å²) in [7, 11) is 0. The molecule has 1 aromatic heterocycles. The van der Waals surface area contributed by atoms with Gasteiger partial charge in [-0.25, -0.2) is 4.98 Å². The van der Waals surface area contributed by atoms with E-state index in [0.717, 1.165) is 31.0 Å².